The number of imidazole rings is 1. The molecule has 150 valence electrons. The zero-order valence-corrected chi connectivity index (χ0v) is 20.7. The fourth-order valence-corrected chi connectivity index (χ4v) is 3.68. The SMILES string of the molecule is C[N-]n1c(C)nc(-c2ccccc2F)c1C(=N)N1CCc2ncc(OC)cc2C1.[K+]. The predicted octanol–water partition coefficient (Wildman–Crippen LogP) is 0.555. The normalized spacial score (nSPS) is 12.7. The Morgan fingerprint density at radius 1 is 1.30 bits per heavy atom. The quantitative estimate of drug-likeness (QED) is 0.371. The Kier molecular flexibility index (Phi) is 7.30. The molecular formula is C21H22FKN6O. The van der Waals surface area contributed by atoms with Crippen LogP contribution in [0.3, 0.4) is 0 Å². The van der Waals surface area contributed by atoms with Gasteiger partial charge >= 0.3 is 51.4 Å². The molecule has 0 atom stereocenters. The number of hydrogen-bond acceptors (Lipinski definition) is 4. The predicted molar refractivity (Wildman–Crippen MR) is 109 cm³/mol. The molecule has 30 heavy (non-hydrogen) atoms. The summed E-state index contributed by atoms with van der Waals surface area (Å²) in [6.07, 6.45) is 2.43. The molecule has 0 aliphatic carbocycles. The maximum absolute atomic E-state index is 14.5. The van der Waals surface area contributed by atoms with Crippen molar-refractivity contribution >= 4 is 5.84 Å². The van der Waals surface area contributed by atoms with Gasteiger partial charge in [0.05, 0.1) is 24.8 Å². The van der Waals surface area contributed by atoms with Crippen molar-refractivity contribution in [2.45, 2.75) is 19.9 Å². The van der Waals surface area contributed by atoms with Crippen LogP contribution in [0.1, 0.15) is 22.8 Å². The van der Waals surface area contributed by atoms with Gasteiger partial charge in [-0.1, -0.05) is 12.1 Å². The van der Waals surface area contributed by atoms with Crippen LogP contribution in [0.4, 0.5) is 4.39 Å². The van der Waals surface area contributed by atoms with Crippen LogP contribution < -0.4 is 56.1 Å². The Morgan fingerprint density at radius 2 is 2.07 bits per heavy atom. The first-order chi connectivity index (χ1) is 14.0. The van der Waals surface area contributed by atoms with Gasteiger partial charge < -0.3 is 19.7 Å². The third-order valence-corrected chi connectivity index (χ3v) is 5.14. The van der Waals surface area contributed by atoms with E-state index in [1.807, 2.05) is 11.0 Å². The van der Waals surface area contributed by atoms with Gasteiger partial charge in [0.15, 0.2) is 0 Å². The van der Waals surface area contributed by atoms with Gasteiger partial charge in [-0.3, -0.25) is 10.4 Å². The number of nitrogens with zero attached hydrogens (tertiary/aromatic N) is 5. The fraction of sp³-hybridized carbons (Fsp3) is 0.286. The zero-order valence-electron chi connectivity index (χ0n) is 17.6. The topological polar surface area (TPSA) is 81.1 Å². The molecule has 7 nitrogen and oxygen atoms in total. The molecule has 1 aliphatic heterocycles. The molecule has 0 unspecified atom stereocenters. The maximum atomic E-state index is 14.5. The van der Waals surface area contributed by atoms with Crippen molar-refractivity contribution < 1.29 is 60.5 Å². The Labute approximate surface area is 217 Å². The van der Waals surface area contributed by atoms with Crippen molar-refractivity contribution in [1.29, 1.82) is 5.41 Å². The molecule has 0 amide bonds. The molecule has 1 aliphatic rings. The number of ether oxygens (including phenoxy) is 1. The van der Waals surface area contributed by atoms with E-state index in [2.05, 4.69) is 15.4 Å². The van der Waals surface area contributed by atoms with Gasteiger partial charge in [0, 0.05) is 30.8 Å². The average molecular weight is 433 g/mol. The third kappa shape index (κ3) is 4.17. The van der Waals surface area contributed by atoms with E-state index in [4.69, 9.17) is 10.1 Å². The molecular weight excluding hydrogens is 410 g/mol. The van der Waals surface area contributed by atoms with Crippen molar-refractivity contribution in [3.05, 3.63) is 70.5 Å². The number of nitrogens with one attached hydrogen (secondary N) is 1. The van der Waals surface area contributed by atoms with E-state index >= 15 is 0 Å². The number of rotatable bonds is 4. The number of aromatic nitrogens is 3. The Balaban J connectivity index is 0.00000256. The largest absolute Gasteiger partial charge is 1.00 e. The molecule has 3 aromatic rings. The summed E-state index contributed by atoms with van der Waals surface area (Å²) in [6, 6.07) is 8.42. The number of hydrogen-bond donors (Lipinski definition) is 1. The Morgan fingerprint density at radius 3 is 2.77 bits per heavy atom. The molecule has 0 radical (unpaired) electrons. The standard InChI is InChI=1S/C21H22FN6O.K/c1-13-26-19(16-6-4-5-7-17(16)22)20(28(13)24-2)21(23)27-9-8-18-14(12-27)10-15(29-3)11-25-18;/h4-7,10-11,23H,8-9,12H2,1-3H3;/q-1;+1. The molecule has 2 aromatic heterocycles. The number of aryl methyl sites for hydroxylation is 1. The molecule has 3 heterocycles. The minimum absolute atomic E-state index is 0. The monoisotopic (exact) mass is 432 g/mol. The molecule has 1 N–H and O–H groups in total. The fourth-order valence-electron chi connectivity index (χ4n) is 3.68. The first-order valence-electron chi connectivity index (χ1n) is 9.33. The van der Waals surface area contributed by atoms with E-state index in [9.17, 15) is 4.39 Å². The van der Waals surface area contributed by atoms with E-state index in [0.29, 0.717) is 48.0 Å². The van der Waals surface area contributed by atoms with Crippen LogP contribution in [0.2, 0.25) is 0 Å². The molecule has 0 bridgehead atoms. The van der Waals surface area contributed by atoms with E-state index in [1.54, 1.807) is 50.2 Å². The number of halogens is 1. The van der Waals surface area contributed by atoms with Crippen LogP contribution in [0.5, 0.6) is 5.75 Å². The summed E-state index contributed by atoms with van der Waals surface area (Å²) in [4.78, 5) is 10.9. The first-order valence-corrected chi connectivity index (χ1v) is 9.33. The molecule has 0 fully saturated rings. The van der Waals surface area contributed by atoms with Gasteiger partial charge in [-0.05, 0) is 30.7 Å². The van der Waals surface area contributed by atoms with Crippen molar-refractivity contribution in [3.63, 3.8) is 0 Å². The Bertz CT molecular complexity index is 1080. The van der Waals surface area contributed by atoms with Crippen LogP contribution in [0.25, 0.3) is 16.7 Å². The van der Waals surface area contributed by atoms with Crippen molar-refractivity contribution in [3.8, 4) is 17.0 Å². The van der Waals surface area contributed by atoms with E-state index in [1.165, 1.54) is 6.07 Å². The molecule has 0 spiro atoms. The minimum Gasteiger partial charge on any atom is -0.618 e. The summed E-state index contributed by atoms with van der Waals surface area (Å²) in [7, 11) is 3.24. The van der Waals surface area contributed by atoms with Gasteiger partial charge in [-0.2, -0.15) is 0 Å². The number of amidine groups is 1. The van der Waals surface area contributed by atoms with Crippen molar-refractivity contribution in [2.24, 2.45) is 0 Å². The first kappa shape index (κ1) is 22.9. The van der Waals surface area contributed by atoms with E-state index in [-0.39, 0.29) is 63.0 Å². The number of fused-ring (bicyclic) bond motifs is 1. The van der Waals surface area contributed by atoms with Gasteiger partial charge in [0.2, 0.25) is 0 Å². The number of benzene rings is 1. The molecule has 0 saturated carbocycles. The van der Waals surface area contributed by atoms with E-state index < -0.39 is 0 Å². The van der Waals surface area contributed by atoms with Crippen LogP contribution >= 0.6 is 0 Å². The Hall–Kier alpha value is -1.78. The summed E-state index contributed by atoms with van der Waals surface area (Å²) >= 11 is 0. The zero-order chi connectivity index (χ0) is 20.5. The van der Waals surface area contributed by atoms with Crippen LogP contribution in [0.15, 0.2) is 36.5 Å². The van der Waals surface area contributed by atoms with E-state index in [0.717, 1.165) is 11.3 Å². The summed E-state index contributed by atoms with van der Waals surface area (Å²) in [6.45, 7) is 2.95. The van der Waals surface area contributed by atoms with Crippen LogP contribution in [0, 0.1) is 18.2 Å². The molecule has 0 saturated heterocycles. The summed E-state index contributed by atoms with van der Waals surface area (Å²) in [5, 5.41) is 8.91. The summed E-state index contributed by atoms with van der Waals surface area (Å²) in [5.74, 6) is 1.17. The number of methoxy groups -OCH3 is 1. The maximum Gasteiger partial charge on any atom is 1.00 e. The van der Waals surface area contributed by atoms with Gasteiger partial charge in [-0.15, -0.1) is 7.05 Å². The third-order valence-electron chi connectivity index (χ3n) is 5.14. The molecule has 1 aromatic carbocycles. The summed E-state index contributed by atoms with van der Waals surface area (Å²) < 4.78 is 21.4. The second kappa shape index (κ2) is 9.57. The van der Waals surface area contributed by atoms with Gasteiger partial charge in [-0.25, -0.2) is 9.37 Å². The van der Waals surface area contributed by atoms with Gasteiger partial charge in [0.25, 0.3) is 0 Å². The smallest absolute Gasteiger partial charge is 0.618 e. The molecule has 9 heteroatoms. The average Bonchev–Trinajstić information content (AvgIpc) is 3.08. The molecule has 4 rings (SSSR count). The number of pyridine rings is 1. The minimum atomic E-state index is -0.375. The van der Waals surface area contributed by atoms with Crippen LogP contribution in [-0.2, 0) is 13.0 Å². The second-order valence-corrected chi connectivity index (χ2v) is 6.85. The summed E-state index contributed by atoms with van der Waals surface area (Å²) in [5.41, 5.74) is 7.55. The second-order valence-electron chi connectivity index (χ2n) is 6.85. The van der Waals surface area contributed by atoms with Gasteiger partial charge in [0.1, 0.15) is 23.1 Å². The van der Waals surface area contributed by atoms with Crippen LogP contribution in [-0.4, -0.2) is 46.1 Å². The van der Waals surface area contributed by atoms with Crippen molar-refractivity contribution in [1.82, 2.24) is 19.5 Å². The van der Waals surface area contributed by atoms with Crippen molar-refractivity contribution in [2.75, 3.05) is 20.7 Å².